The van der Waals surface area contributed by atoms with Gasteiger partial charge in [0.05, 0.1) is 18.4 Å². The molecule has 0 saturated carbocycles. The molecular formula is C27H26ClN3O5. The summed E-state index contributed by atoms with van der Waals surface area (Å²) in [5.41, 5.74) is 4.27. The summed E-state index contributed by atoms with van der Waals surface area (Å²) in [6, 6.07) is 18.3. The smallest absolute Gasteiger partial charge is 0.343 e. The van der Waals surface area contributed by atoms with E-state index < -0.39 is 17.8 Å². The molecule has 0 aliphatic rings. The maximum Gasteiger partial charge on any atom is 0.343 e. The minimum Gasteiger partial charge on any atom is -0.494 e. The van der Waals surface area contributed by atoms with E-state index in [0.29, 0.717) is 45.5 Å². The summed E-state index contributed by atoms with van der Waals surface area (Å²) in [5.74, 6) is -1.25. The molecular weight excluding hydrogens is 482 g/mol. The number of amides is 2. The molecule has 3 aromatic rings. The number of benzene rings is 3. The van der Waals surface area contributed by atoms with Crippen molar-refractivity contribution in [1.82, 2.24) is 5.43 Å². The topological polar surface area (TPSA) is 106 Å². The van der Waals surface area contributed by atoms with Crippen LogP contribution in [0.15, 0.2) is 71.8 Å². The van der Waals surface area contributed by atoms with Crippen LogP contribution in [-0.4, -0.2) is 30.6 Å². The number of nitrogens with zero attached hydrogens (tertiary/aromatic N) is 1. The minimum absolute atomic E-state index is 0.348. The normalized spacial score (nSPS) is 10.6. The highest BCUT2D eigenvalue weighted by molar-refractivity contribution is 6.40. The highest BCUT2D eigenvalue weighted by atomic mass is 35.5. The van der Waals surface area contributed by atoms with E-state index in [1.165, 1.54) is 6.21 Å². The number of hydrazone groups is 1. The zero-order valence-corrected chi connectivity index (χ0v) is 20.7. The van der Waals surface area contributed by atoms with Gasteiger partial charge in [-0.3, -0.25) is 9.59 Å². The third-order valence-electron chi connectivity index (χ3n) is 5.05. The summed E-state index contributed by atoms with van der Waals surface area (Å²) in [6.07, 6.45) is 3.37. The van der Waals surface area contributed by atoms with Crippen LogP contribution in [0.3, 0.4) is 0 Å². The number of nitrogens with one attached hydrogen (secondary N) is 2. The lowest BCUT2D eigenvalue weighted by Gasteiger charge is -2.08. The Morgan fingerprint density at radius 3 is 2.33 bits per heavy atom. The monoisotopic (exact) mass is 507 g/mol. The third kappa shape index (κ3) is 7.68. The Balaban J connectivity index is 1.48. The van der Waals surface area contributed by atoms with Crippen LogP contribution in [-0.2, 0) is 9.59 Å². The molecule has 3 aromatic carbocycles. The van der Waals surface area contributed by atoms with Crippen molar-refractivity contribution in [2.45, 2.75) is 26.7 Å². The van der Waals surface area contributed by atoms with Crippen molar-refractivity contribution in [3.8, 4) is 11.5 Å². The van der Waals surface area contributed by atoms with Crippen LogP contribution in [0.5, 0.6) is 11.5 Å². The standard InChI is InChI=1S/C27H26ClN3O5/c1-3-4-16-35-21-14-10-20(11-15-21)27(34)36-22-12-8-19(9-13-22)17-29-31-26(33)25(32)30-24-7-5-6-23(28)18(24)2/h5-15,17H,3-4,16H2,1-2H3,(H,30,32)(H,31,33). The van der Waals surface area contributed by atoms with E-state index in [0.717, 1.165) is 12.8 Å². The van der Waals surface area contributed by atoms with E-state index >= 15 is 0 Å². The summed E-state index contributed by atoms with van der Waals surface area (Å²) < 4.78 is 11.0. The molecule has 0 atom stereocenters. The van der Waals surface area contributed by atoms with Crippen LogP contribution in [0.4, 0.5) is 5.69 Å². The van der Waals surface area contributed by atoms with Gasteiger partial charge >= 0.3 is 17.8 Å². The number of hydrogen-bond donors (Lipinski definition) is 2. The Morgan fingerprint density at radius 2 is 1.64 bits per heavy atom. The lowest BCUT2D eigenvalue weighted by Crippen LogP contribution is -2.32. The van der Waals surface area contributed by atoms with Gasteiger partial charge in [0.2, 0.25) is 0 Å². The highest BCUT2D eigenvalue weighted by Crippen LogP contribution is 2.22. The number of esters is 1. The Bertz CT molecular complexity index is 1240. The molecule has 0 radical (unpaired) electrons. The van der Waals surface area contributed by atoms with Crippen molar-refractivity contribution in [1.29, 1.82) is 0 Å². The number of rotatable bonds is 9. The number of carbonyl (C=O) groups is 3. The largest absolute Gasteiger partial charge is 0.494 e. The van der Waals surface area contributed by atoms with E-state index in [1.54, 1.807) is 73.7 Å². The molecule has 2 amide bonds. The quantitative estimate of drug-likeness (QED) is 0.104. The zero-order valence-electron chi connectivity index (χ0n) is 19.9. The van der Waals surface area contributed by atoms with E-state index in [2.05, 4.69) is 22.8 Å². The van der Waals surface area contributed by atoms with Gasteiger partial charge in [-0.1, -0.05) is 31.0 Å². The summed E-state index contributed by atoms with van der Waals surface area (Å²) in [5, 5.41) is 6.75. The molecule has 0 fully saturated rings. The first-order chi connectivity index (χ1) is 17.4. The van der Waals surface area contributed by atoms with Crippen LogP contribution in [0.2, 0.25) is 5.02 Å². The highest BCUT2D eigenvalue weighted by Gasteiger charge is 2.14. The third-order valence-corrected chi connectivity index (χ3v) is 5.46. The molecule has 2 N–H and O–H groups in total. The van der Waals surface area contributed by atoms with Gasteiger partial charge in [-0.05, 0) is 85.1 Å². The van der Waals surface area contributed by atoms with Crippen molar-refractivity contribution in [3.05, 3.63) is 88.4 Å². The average molecular weight is 508 g/mol. The fourth-order valence-electron chi connectivity index (χ4n) is 2.95. The Kier molecular flexibility index (Phi) is 9.59. The van der Waals surface area contributed by atoms with Gasteiger partial charge in [-0.25, -0.2) is 10.2 Å². The molecule has 0 unspecified atom stereocenters. The molecule has 0 aliphatic carbocycles. The molecule has 186 valence electrons. The van der Waals surface area contributed by atoms with E-state index in [9.17, 15) is 14.4 Å². The summed E-state index contributed by atoms with van der Waals surface area (Å²) in [4.78, 5) is 36.4. The van der Waals surface area contributed by atoms with Gasteiger partial charge in [0.1, 0.15) is 11.5 Å². The molecule has 0 aromatic heterocycles. The van der Waals surface area contributed by atoms with Gasteiger partial charge < -0.3 is 14.8 Å². The first-order valence-electron chi connectivity index (χ1n) is 11.3. The minimum atomic E-state index is -0.932. The zero-order chi connectivity index (χ0) is 25.9. The molecule has 0 saturated heterocycles. The average Bonchev–Trinajstić information content (AvgIpc) is 2.88. The number of ether oxygens (including phenoxy) is 2. The number of unbranched alkanes of at least 4 members (excludes halogenated alkanes) is 1. The van der Waals surface area contributed by atoms with Crippen LogP contribution in [0.1, 0.15) is 41.3 Å². The van der Waals surface area contributed by atoms with E-state index in [-0.39, 0.29) is 0 Å². The van der Waals surface area contributed by atoms with Gasteiger partial charge in [-0.2, -0.15) is 5.10 Å². The Labute approximate surface area is 214 Å². The lowest BCUT2D eigenvalue weighted by molar-refractivity contribution is -0.136. The van der Waals surface area contributed by atoms with Crippen molar-refractivity contribution in [2.75, 3.05) is 11.9 Å². The Hall–Kier alpha value is -4.17. The van der Waals surface area contributed by atoms with Gasteiger partial charge in [0.25, 0.3) is 0 Å². The maximum absolute atomic E-state index is 12.4. The van der Waals surface area contributed by atoms with Gasteiger partial charge in [0, 0.05) is 10.7 Å². The molecule has 3 rings (SSSR count). The van der Waals surface area contributed by atoms with Crippen molar-refractivity contribution >= 4 is 41.3 Å². The molecule has 36 heavy (non-hydrogen) atoms. The number of hydrogen-bond acceptors (Lipinski definition) is 6. The van der Waals surface area contributed by atoms with Gasteiger partial charge in [-0.15, -0.1) is 0 Å². The Morgan fingerprint density at radius 1 is 0.944 bits per heavy atom. The van der Waals surface area contributed by atoms with E-state index in [1.807, 2.05) is 0 Å². The van der Waals surface area contributed by atoms with Crippen molar-refractivity contribution in [3.63, 3.8) is 0 Å². The second kappa shape index (κ2) is 13.1. The van der Waals surface area contributed by atoms with Crippen LogP contribution >= 0.6 is 11.6 Å². The van der Waals surface area contributed by atoms with Crippen LogP contribution in [0.25, 0.3) is 0 Å². The fourth-order valence-corrected chi connectivity index (χ4v) is 3.12. The summed E-state index contributed by atoms with van der Waals surface area (Å²) in [7, 11) is 0. The van der Waals surface area contributed by atoms with Gasteiger partial charge in [0.15, 0.2) is 0 Å². The molecule has 0 spiro atoms. The lowest BCUT2D eigenvalue weighted by atomic mass is 10.2. The number of carbonyl (C=O) groups excluding carboxylic acids is 3. The summed E-state index contributed by atoms with van der Waals surface area (Å²) in [6.45, 7) is 4.45. The van der Waals surface area contributed by atoms with Crippen molar-refractivity contribution in [2.24, 2.45) is 5.10 Å². The first kappa shape index (κ1) is 26.4. The second-order valence-corrected chi connectivity index (χ2v) is 8.16. The SMILES string of the molecule is CCCCOc1ccc(C(=O)Oc2ccc(C=NNC(=O)C(=O)Nc3cccc(Cl)c3C)cc2)cc1. The van der Waals surface area contributed by atoms with E-state index in [4.69, 9.17) is 21.1 Å². The van der Waals surface area contributed by atoms with Crippen molar-refractivity contribution < 1.29 is 23.9 Å². The fraction of sp³-hybridized carbons (Fsp3) is 0.185. The number of anilines is 1. The maximum atomic E-state index is 12.4. The molecule has 8 nitrogen and oxygen atoms in total. The predicted octanol–water partition coefficient (Wildman–Crippen LogP) is 5.14. The van der Waals surface area contributed by atoms with Crippen LogP contribution in [0, 0.1) is 6.92 Å². The predicted molar refractivity (Wildman–Crippen MR) is 139 cm³/mol. The molecule has 0 aliphatic heterocycles. The number of halogens is 1. The molecule has 0 heterocycles. The second-order valence-electron chi connectivity index (χ2n) is 7.75. The van der Waals surface area contributed by atoms with Crippen LogP contribution < -0.4 is 20.2 Å². The molecule has 9 heteroatoms. The molecule has 0 bridgehead atoms. The summed E-state index contributed by atoms with van der Waals surface area (Å²) >= 11 is 6.02. The first-order valence-corrected chi connectivity index (χ1v) is 11.7.